The fourth-order valence-electron chi connectivity index (χ4n) is 6.00. The highest BCUT2D eigenvalue weighted by atomic mass is 28.3. The van der Waals surface area contributed by atoms with Crippen LogP contribution in [0, 0.1) is 5.92 Å². The third kappa shape index (κ3) is 7.04. The molecule has 43 heavy (non-hydrogen) atoms. The van der Waals surface area contributed by atoms with Crippen molar-refractivity contribution in [2.75, 3.05) is 13.7 Å². The molecule has 4 aromatic rings. The number of rotatable bonds is 13. The molecule has 1 aliphatic heterocycles. The van der Waals surface area contributed by atoms with Gasteiger partial charge in [-0.25, -0.2) is 0 Å². The van der Waals surface area contributed by atoms with Crippen LogP contribution in [0.25, 0.3) is 0 Å². The SMILES string of the molecule is COc1ccc(COCC/C=C(\C)C(=O)C2C[C@H](C[Si](c3ccccc3)(c3ccccc3)c3ccccc3)OC2=O)cc1. The molecule has 0 spiro atoms. The lowest BCUT2D eigenvalue weighted by atomic mass is 9.95. The number of hydrogen-bond donors (Lipinski definition) is 0. The van der Waals surface area contributed by atoms with Gasteiger partial charge in [0.2, 0.25) is 0 Å². The van der Waals surface area contributed by atoms with Crippen molar-refractivity contribution < 1.29 is 23.8 Å². The Morgan fingerprint density at radius 3 is 1.88 bits per heavy atom. The quantitative estimate of drug-likeness (QED) is 0.0534. The minimum absolute atomic E-state index is 0.158. The van der Waals surface area contributed by atoms with Crippen LogP contribution < -0.4 is 20.3 Å². The minimum atomic E-state index is -2.60. The summed E-state index contributed by atoms with van der Waals surface area (Å²) in [4.78, 5) is 26.5. The van der Waals surface area contributed by atoms with E-state index in [2.05, 4.69) is 72.8 Å². The Morgan fingerprint density at radius 2 is 1.37 bits per heavy atom. The minimum Gasteiger partial charge on any atom is -0.497 e. The van der Waals surface area contributed by atoms with E-state index in [4.69, 9.17) is 14.2 Å². The molecule has 1 aliphatic rings. The van der Waals surface area contributed by atoms with Gasteiger partial charge < -0.3 is 14.2 Å². The monoisotopic (exact) mass is 590 g/mol. The molecule has 0 bridgehead atoms. The van der Waals surface area contributed by atoms with Gasteiger partial charge in [0.05, 0.1) is 20.3 Å². The van der Waals surface area contributed by atoms with E-state index < -0.39 is 20.0 Å². The molecule has 5 nitrogen and oxygen atoms in total. The Labute approximate surface area is 255 Å². The zero-order valence-electron chi connectivity index (χ0n) is 24.8. The average Bonchev–Trinajstić information content (AvgIpc) is 3.43. The highest BCUT2D eigenvalue weighted by molar-refractivity contribution is 7.11. The molecule has 1 heterocycles. The van der Waals surface area contributed by atoms with Crippen molar-refractivity contribution in [2.45, 2.75) is 38.5 Å². The standard InChI is InChI=1S/C37H38O5Si/c1-28(13-12-24-41-26-29-20-22-30(40-2)23-21-29)36(38)35-25-31(42-37(35)39)27-43(32-14-6-3-7-15-32,33-16-8-4-9-17-33)34-18-10-5-11-19-34/h3-11,13-23,31,35H,12,24-27H2,1-2H3/b28-13+/t31-,35?/m1/s1. The summed E-state index contributed by atoms with van der Waals surface area (Å²) in [5, 5.41) is 3.76. The van der Waals surface area contributed by atoms with Crippen LogP contribution >= 0.6 is 0 Å². The third-order valence-corrected chi connectivity index (χ3v) is 13.3. The molecule has 5 rings (SSSR count). The topological polar surface area (TPSA) is 61.8 Å². The molecule has 1 saturated heterocycles. The molecule has 220 valence electrons. The first-order valence-corrected chi connectivity index (χ1v) is 17.0. The van der Waals surface area contributed by atoms with Crippen LogP contribution in [0.5, 0.6) is 5.75 Å². The Morgan fingerprint density at radius 1 is 0.837 bits per heavy atom. The van der Waals surface area contributed by atoms with Crippen LogP contribution in [-0.4, -0.2) is 39.6 Å². The van der Waals surface area contributed by atoms with E-state index in [1.807, 2.05) is 48.5 Å². The Balaban J connectivity index is 1.28. The van der Waals surface area contributed by atoms with Crippen LogP contribution in [-0.2, 0) is 25.7 Å². The zero-order valence-corrected chi connectivity index (χ0v) is 25.8. The smallest absolute Gasteiger partial charge is 0.317 e. The zero-order chi connectivity index (χ0) is 30.1. The fraction of sp³-hybridized carbons (Fsp3) is 0.243. The highest BCUT2D eigenvalue weighted by Crippen LogP contribution is 2.30. The average molecular weight is 591 g/mol. The summed E-state index contributed by atoms with van der Waals surface area (Å²) < 4.78 is 17.0. The fourth-order valence-corrected chi connectivity index (χ4v) is 10.9. The molecule has 0 saturated carbocycles. The van der Waals surface area contributed by atoms with E-state index >= 15 is 0 Å². The van der Waals surface area contributed by atoms with E-state index in [-0.39, 0.29) is 11.9 Å². The number of esters is 1. The number of carbonyl (C=O) groups is 2. The van der Waals surface area contributed by atoms with Crippen LogP contribution in [0.2, 0.25) is 6.04 Å². The van der Waals surface area contributed by atoms with Gasteiger partial charge >= 0.3 is 5.97 Å². The maximum Gasteiger partial charge on any atom is 0.317 e. The molecule has 4 aromatic carbocycles. The predicted molar refractivity (Wildman–Crippen MR) is 173 cm³/mol. The molecule has 6 heteroatoms. The van der Waals surface area contributed by atoms with E-state index in [0.717, 1.165) is 11.3 Å². The summed E-state index contributed by atoms with van der Waals surface area (Å²) in [7, 11) is -0.959. The number of ketones is 1. The molecule has 0 aliphatic carbocycles. The first-order valence-electron chi connectivity index (χ1n) is 14.8. The second-order valence-corrected chi connectivity index (χ2v) is 14.9. The molecule has 1 fully saturated rings. The lowest BCUT2D eigenvalue weighted by Crippen LogP contribution is -2.68. The van der Waals surface area contributed by atoms with Crippen LogP contribution in [0.3, 0.4) is 0 Å². The Hall–Kier alpha value is -4.26. The van der Waals surface area contributed by atoms with Gasteiger partial charge in [-0.3, -0.25) is 9.59 Å². The van der Waals surface area contributed by atoms with Crippen molar-refractivity contribution in [3.05, 3.63) is 132 Å². The van der Waals surface area contributed by atoms with Crippen molar-refractivity contribution in [1.82, 2.24) is 0 Å². The second kappa shape index (κ2) is 14.3. The summed E-state index contributed by atoms with van der Waals surface area (Å²) in [5.41, 5.74) is 1.63. The first-order chi connectivity index (χ1) is 21.0. The van der Waals surface area contributed by atoms with Gasteiger partial charge in [-0.1, -0.05) is 109 Å². The number of Topliss-reactive ketones (excluding diaryl/α,β-unsaturated/α-hetero) is 1. The summed E-state index contributed by atoms with van der Waals surface area (Å²) in [5.74, 6) is -0.554. The summed E-state index contributed by atoms with van der Waals surface area (Å²) >= 11 is 0. The predicted octanol–water partition coefficient (Wildman–Crippen LogP) is 5.22. The largest absolute Gasteiger partial charge is 0.497 e. The summed E-state index contributed by atoms with van der Waals surface area (Å²) in [6.45, 7) is 2.74. The normalized spacial score (nSPS) is 17.0. The maximum atomic E-state index is 13.4. The van der Waals surface area contributed by atoms with Crippen molar-refractivity contribution in [1.29, 1.82) is 0 Å². The molecule has 0 radical (unpaired) electrons. The van der Waals surface area contributed by atoms with Gasteiger partial charge in [-0.05, 0) is 58.2 Å². The van der Waals surface area contributed by atoms with Crippen molar-refractivity contribution in [2.24, 2.45) is 5.92 Å². The van der Waals surface area contributed by atoms with E-state index in [1.54, 1.807) is 14.0 Å². The van der Waals surface area contributed by atoms with Gasteiger partial charge in [0.1, 0.15) is 17.8 Å². The molecule has 0 aromatic heterocycles. The molecular formula is C37H38O5Si. The lowest BCUT2D eigenvalue weighted by molar-refractivity contribution is -0.145. The number of cyclic esters (lactones) is 1. The van der Waals surface area contributed by atoms with Crippen LogP contribution in [0.1, 0.15) is 25.3 Å². The van der Waals surface area contributed by atoms with Gasteiger partial charge in [-0.15, -0.1) is 0 Å². The summed E-state index contributed by atoms with van der Waals surface area (Å²) in [6, 6.07) is 40.1. The maximum absolute atomic E-state index is 13.4. The van der Waals surface area contributed by atoms with Crippen molar-refractivity contribution in [3.63, 3.8) is 0 Å². The number of carbonyl (C=O) groups excluding carboxylic acids is 2. The summed E-state index contributed by atoms with van der Waals surface area (Å²) in [6.07, 6.45) is 2.49. The van der Waals surface area contributed by atoms with E-state index in [9.17, 15) is 9.59 Å². The van der Waals surface area contributed by atoms with E-state index in [0.29, 0.717) is 37.7 Å². The van der Waals surface area contributed by atoms with Gasteiger partial charge in [0, 0.05) is 6.42 Å². The molecule has 2 atom stereocenters. The Kier molecular flexibility index (Phi) is 10.0. The first kappa shape index (κ1) is 30.2. The van der Waals surface area contributed by atoms with Gasteiger partial charge in [0.25, 0.3) is 0 Å². The molecule has 1 unspecified atom stereocenters. The number of ether oxygens (including phenoxy) is 3. The Bertz CT molecular complexity index is 1420. The third-order valence-electron chi connectivity index (χ3n) is 8.25. The molecule has 0 N–H and O–H groups in total. The second-order valence-electron chi connectivity index (χ2n) is 11.0. The van der Waals surface area contributed by atoms with Crippen LogP contribution in [0.4, 0.5) is 0 Å². The van der Waals surface area contributed by atoms with Crippen LogP contribution in [0.15, 0.2) is 127 Å². The molecule has 0 amide bonds. The van der Waals surface area contributed by atoms with Crippen molar-refractivity contribution >= 4 is 35.4 Å². The number of hydrogen-bond acceptors (Lipinski definition) is 5. The highest BCUT2D eigenvalue weighted by Gasteiger charge is 2.47. The number of benzene rings is 4. The van der Waals surface area contributed by atoms with Gasteiger partial charge in [0.15, 0.2) is 13.9 Å². The number of methoxy groups -OCH3 is 1. The molecular weight excluding hydrogens is 552 g/mol. The number of allylic oxidation sites excluding steroid dienone is 1. The van der Waals surface area contributed by atoms with Gasteiger partial charge in [-0.2, -0.15) is 0 Å². The lowest BCUT2D eigenvalue weighted by Gasteiger charge is -2.35. The van der Waals surface area contributed by atoms with Crippen molar-refractivity contribution in [3.8, 4) is 5.75 Å². The van der Waals surface area contributed by atoms with E-state index in [1.165, 1.54) is 15.6 Å².